The molecule has 0 bridgehead atoms. The zero-order chi connectivity index (χ0) is 9.52. The first-order valence-corrected chi connectivity index (χ1v) is 5.79. The van der Waals surface area contributed by atoms with E-state index in [9.17, 15) is 0 Å². The van der Waals surface area contributed by atoms with Crippen LogP contribution >= 0.6 is 0 Å². The summed E-state index contributed by atoms with van der Waals surface area (Å²) >= 11 is 0. The van der Waals surface area contributed by atoms with Crippen LogP contribution in [0.3, 0.4) is 0 Å². The van der Waals surface area contributed by atoms with E-state index in [-0.39, 0.29) is 0 Å². The van der Waals surface area contributed by atoms with E-state index in [4.69, 9.17) is 0 Å². The highest BCUT2D eigenvalue weighted by Gasteiger charge is 2.15. The van der Waals surface area contributed by atoms with Crippen molar-refractivity contribution in [3.05, 3.63) is 0 Å². The molecule has 0 amide bonds. The first kappa shape index (κ1) is 11.0. The molecular weight excluding hydrogens is 160 g/mol. The van der Waals surface area contributed by atoms with Crippen molar-refractivity contribution in [1.29, 1.82) is 0 Å². The lowest BCUT2D eigenvalue weighted by atomic mass is 10.0. The molecule has 2 heteroatoms. The van der Waals surface area contributed by atoms with E-state index >= 15 is 0 Å². The third-order valence-electron chi connectivity index (χ3n) is 2.83. The monoisotopic (exact) mass is 184 g/mol. The average molecular weight is 184 g/mol. The summed E-state index contributed by atoms with van der Waals surface area (Å²) < 4.78 is 0. The van der Waals surface area contributed by atoms with Gasteiger partial charge in [-0.15, -0.1) is 0 Å². The molecule has 0 aromatic heterocycles. The van der Waals surface area contributed by atoms with Crippen LogP contribution in [-0.4, -0.2) is 25.2 Å². The van der Waals surface area contributed by atoms with Gasteiger partial charge in [0, 0.05) is 25.2 Å². The second kappa shape index (κ2) is 6.39. The first-order chi connectivity index (χ1) is 6.33. The number of nitrogens with one attached hydrogen (secondary N) is 2. The van der Waals surface area contributed by atoms with Crippen LogP contribution in [0, 0.1) is 0 Å². The lowest BCUT2D eigenvalue weighted by Gasteiger charge is -2.29. The van der Waals surface area contributed by atoms with Gasteiger partial charge in [0.2, 0.25) is 0 Å². The molecule has 0 aliphatic carbocycles. The van der Waals surface area contributed by atoms with Crippen LogP contribution in [0.1, 0.15) is 46.0 Å². The predicted molar refractivity (Wildman–Crippen MR) is 58.0 cm³/mol. The van der Waals surface area contributed by atoms with Crippen molar-refractivity contribution >= 4 is 0 Å². The maximum atomic E-state index is 3.58. The van der Waals surface area contributed by atoms with E-state index in [2.05, 4.69) is 24.5 Å². The van der Waals surface area contributed by atoms with Gasteiger partial charge in [-0.2, -0.15) is 0 Å². The Kier molecular flexibility index (Phi) is 5.40. The second-order valence-corrected chi connectivity index (χ2v) is 4.26. The lowest BCUT2D eigenvalue weighted by molar-refractivity contribution is 0.339. The van der Waals surface area contributed by atoms with Crippen molar-refractivity contribution in [2.75, 3.05) is 13.1 Å². The Morgan fingerprint density at radius 2 is 1.92 bits per heavy atom. The largest absolute Gasteiger partial charge is 0.311 e. The Morgan fingerprint density at radius 3 is 2.54 bits per heavy atom. The fraction of sp³-hybridized carbons (Fsp3) is 1.00. The van der Waals surface area contributed by atoms with Crippen molar-refractivity contribution < 1.29 is 0 Å². The molecule has 2 N–H and O–H groups in total. The molecule has 0 spiro atoms. The van der Waals surface area contributed by atoms with E-state index in [1.807, 2.05) is 0 Å². The van der Waals surface area contributed by atoms with Crippen LogP contribution in [0.2, 0.25) is 0 Å². The van der Waals surface area contributed by atoms with Crippen LogP contribution in [-0.2, 0) is 0 Å². The molecule has 2 atom stereocenters. The van der Waals surface area contributed by atoms with E-state index in [0.29, 0.717) is 6.04 Å². The molecule has 1 rings (SSSR count). The van der Waals surface area contributed by atoms with Crippen LogP contribution < -0.4 is 10.6 Å². The SMILES string of the molecule is CCCCCCC1CNC(C)CN1. The fourth-order valence-electron chi connectivity index (χ4n) is 1.85. The molecule has 1 aliphatic rings. The quantitative estimate of drug-likeness (QED) is 0.638. The van der Waals surface area contributed by atoms with Crippen LogP contribution in [0.5, 0.6) is 0 Å². The molecule has 13 heavy (non-hydrogen) atoms. The maximum absolute atomic E-state index is 3.58. The van der Waals surface area contributed by atoms with E-state index in [1.54, 1.807) is 0 Å². The van der Waals surface area contributed by atoms with Gasteiger partial charge in [0.15, 0.2) is 0 Å². The zero-order valence-corrected chi connectivity index (χ0v) is 9.10. The van der Waals surface area contributed by atoms with Crippen molar-refractivity contribution in [3.63, 3.8) is 0 Å². The standard InChI is InChI=1S/C11H24N2/c1-3-4-5-6-7-11-9-12-10(2)8-13-11/h10-13H,3-9H2,1-2H3. The summed E-state index contributed by atoms with van der Waals surface area (Å²) in [6.07, 6.45) is 6.88. The number of hydrogen-bond acceptors (Lipinski definition) is 2. The highest BCUT2D eigenvalue weighted by atomic mass is 15.1. The van der Waals surface area contributed by atoms with Gasteiger partial charge >= 0.3 is 0 Å². The Hall–Kier alpha value is -0.0800. The molecule has 2 unspecified atom stereocenters. The molecule has 0 aromatic rings. The van der Waals surface area contributed by atoms with E-state index in [0.717, 1.165) is 19.1 Å². The summed E-state index contributed by atoms with van der Waals surface area (Å²) in [6, 6.07) is 1.39. The van der Waals surface area contributed by atoms with E-state index in [1.165, 1.54) is 32.1 Å². The highest BCUT2D eigenvalue weighted by Crippen LogP contribution is 2.06. The summed E-state index contributed by atoms with van der Waals surface area (Å²) in [5, 5.41) is 7.09. The topological polar surface area (TPSA) is 24.1 Å². The number of unbranched alkanes of at least 4 members (excludes halogenated alkanes) is 3. The van der Waals surface area contributed by atoms with Crippen molar-refractivity contribution in [2.24, 2.45) is 0 Å². The Bertz CT molecular complexity index is 117. The molecule has 1 saturated heterocycles. The molecule has 0 radical (unpaired) electrons. The van der Waals surface area contributed by atoms with Gasteiger partial charge in [0.25, 0.3) is 0 Å². The van der Waals surface area contributed by atoms with Gasteiger partial charge in [-0.3, -0.25) is 0 Å². The summed E-state index contributed by atoms with van der Waals surface area (Å²) in [5.41, 5.74) is 0. The van der Waals surface area contributed by atoms with Crippen LogP contribution in [0.4, 0.5) is 0 Å². The molecule has 0 saturated carbocycles. The van der Waals surface area contributed by atoms with Gasteiger partial charge in [0.05, 0.1) is 0 Å². The third kappa shape index (κ3) is 4.63. The number of hydrogen-bond donors (Lipinski definition) is 2. The van der Waals surface area contributed by atoms with Gasteiger partial charge < -0.3 is 10.6 Å². The van der Waals surface area contributed by atoms with Gasteiger partial charge in [-0.25, -0.2) is 0 Å². The number of piperazine rings is 1. The zero-order valence-electron chi connectivity index (χ0n) is 9.10. The maximum Gasteiger partial charge on any atom is 0.0193 e. The Morgan fingerprint density at radius 1 is 1.08 bits per heavy atom. The predicted octanol–water partition coefficient (Wildman–Crippen LogP) is 1.91. The molecule has 2 nitrogen and oxygen atoms in total. The Labute approximate surface area is 82.5 Å². The highest BCUT2D eigenvalue weighted by molar-refractivity contribution is 4.79. The molecule has 1 fully saturated rings. The van der Waals surface area contributed by atoms with Gasteiger partial charge in [-0.1, -0.05) is 32.6 Å². The van der Waals surface area contributed by atoms with E-state index < -0.39 is 0 Å². The minimum absolute atomic E-state index is 0.659. The minimum atomic E-state index is 0.659. The Balaban J connectivity index is 1.96. The smallest absolute Gasteiger partial charge is 0.0193 e. The van der Waals surface area contributed by atoms with Gasteiger partial charge in [0.1, 0.15) is 0 Å². The molecule has 1 heterocycles. The molecular formula is C11H24N2. The summed E-state index contributed by atoms with van der Waals surface area (Å²) in [4.78, 5) is 0. The number of rotatable bonds is 5. The lowest BCUT2D eigenvalue weighted by Crippen LogP contribution is -2.52. The summed E-state index contributed by atoms with van der Waals surface area (Å²) in [7, 11) is 0. The van der Waals surface area contributed by atoms with Crippen molar-refractivity contribution in [1.82, 2.24) is 10.6 Å². The average Bonchev–Trinajstić information content (AvgIpc) is 2.15. The molecule has 1 aliphatic heterocycles. The molecule has 0 aromatic carbocycles. The van der Waals surface area contributed by atoms with Crippen molar-refractivity contribution in [3.8, 4) is 0 Å². The minimum Gasteiger partial charge on any atom is -0.311 e. The van der Waals surface area contributed by atoms with Gasteiger partial charge in [-0.05, 0) is 13.3 Å². The molecule has 78 valence electrons. The second-order valence-electron chi connectivity index (χ2n) is 4.26. The van der Waals surface area contributed by atoms with Crippen molar-refractivity contribution in [2.45, 2.75) is 58.0 Å². The normalized spacial score (nSPS) is 29.1. The fourth-order valence-corrected chi connectivity index (χ4v) is 1.85. The van der Waals surface area contributed by atoms with Crippen LogP contribution in [0.25, 0.3) is 0 Å². The first-order valence-electron chi connectivity index (χ1n) is 5.79. The summed E-state index contributed by atoms with van der Waals surface area (Å²) in [5.74, 6) is 0. The third-order valence-corrected chi connectivity index (χ3v) is 2.83. The summed E-state index contributed by atoms with van der Waals surface area (Å²) in [6.45, 7) is 6.80. The van der Waals surface area contributed by atoms with Crippen LogP contribution in [0.15, 0.2) is 0 Å².